The van der Waals surface area contributed by atoms with Crippen molar-refractivity contribution in [2.75, 3.05) is 38.2 Å². The first-order valence-corrected chi connectivity index (χ1v) is 12.1. The van der Waals surface area contributed by atoms with Gasteiger partial charge in [-0.2, -0.15) is 13.2 Å². The van der Waals surface area contributed by atoms with E-state index in [1.165, 1.54) is 23.3 Å². The Morgan fingerprint density at radius 1 is 0.919 bits per heavy atom. The number of nitrogens with one attached hydrogen (secondary N) is 1. The summed E-state index contributed by atoms with van der Waals surface area (Å²) in [6.07, 6.45) is -4.48. The van der Waals surface area contributed by atoms with Gasteiger partial charge in [-0.05, 0) is 36.2 Å². The maximum absolute atomic E-state index is 13.1. The molecule has 0 atom stereocenters. The molecule has 1 saturated heterocycles. The quantitative estimate of drug-likeness (QED) is 0.208. The average Bonchev–Trinajstić information content (AvgIpc) is 2.91. The largest absolute Gasteiger partial charge is 0.460 e. The molecule has 194 valence electrons. The number of ether oxygens (including phenoxy) is 1. The summed E-state index contributed by atoms with van der Waals surface area (Å²) in [5.74, 6) is -0.590. The number of amidine groups is 1. The molecule has 1 heterocycles. The number of alkyl halides is 3. The summed E-state index contributed by atoms with van der Waals surface area (Å²) in [5, 5.41) is 4.18. The first-order chi connectivity index (χ1) is 17.9. The lowest BCUT2D eigenvalue weighted by Crippen LogP contribution is -2.52. The van der Waals surface area contributed by atoms with Crippen molar-refractivity contribution in [3.8, 4) is 0 Å². The van der Waals surface area contributed by atoms with Crippen LogP contribution < -0.4 is 5.43 Å². The van der Waals surface area contributed by atoms with E-state index in [9.17, 15) is 18.0 Å². The van der Waals surface area contributed by atoms with Crippen LogP contribution in [0.15, 0.2) is 90.0 Å². The molecule has 0 aliphatic carbocycles. The Morgan fingerprint density at radius 3 is 2.05 bits per heavy atom. The van der Waals surface area contributed by atoms with Gasteiger partial charge in [0, 0.05) is 26.2 Å². The van der Waals surface area contributed by atoms with Gasteiger partial charge in [0.15, 0.2) is 0 Å². The lowest BCUT2D eigenvalue weighted by molar-refractivity contribution is -0.138. The Hall–Kier alpha value is -3.85. The first kappa shape index (κ1) is 26.2. The Kier molecular flexibility index (Phi) is 8.45. The molecule has 0 unspecified atom stereocenters. The number of nitrogens with zero attached hydrogens (tertiary/aromatic N) is 3. The van der Waals surface area contributed by atoms with Crippen LogP contribution in [0.4, 0.5) is 18.9 Å². The van der Waals surface area contributed by atoms with Gasteiger partial charge in [-0.3, -0.25) is 10.3 Å². The molecule has 9 heteroatoms. The third-order valence-electron chi connectivity index (χ3n) is 6.15. The molecule has 0 saturated carbocycles. The van der Waals surface area contributed by atoms with Crippen molar-refractivity contribution in [1.29, 1.82) is 0 Å². The molecule has 37 heavy (non-hydrogen) atoms. The zero-order valence-electron chi connectivity index (χ0n) is 20.5. The molecule has 3 aromatic rings. The summed E-state index contributed by atoms with van der Waals surface area (Å²) in [6.45, 7) is 4.15. The van der Waals surface area contributed by atoms with Gasteiger partial charge >= 0.3 is 12.1 Å². The van der Waals surface area contributed by atoms with E-state index in [0.29, 0.717) is 26.2 Å². The SMILES string of the molecule is CCOC(=O)C(=NNc1cccc(C(F)(F)F)c1)N1CCN(C(c2ccccc2)c2ccccc2)CC1. The standard InChI is InChI=1S/C28H29F3N4O2/c1-2-37-27(36)26(33-32-24-15-9-14-23(20-24)28(29,30)31)35-18-16-34(17-19-35)25(21-10-5-3-6-11-21)22-12-7-4-8-13-22/h3-15,20,25,32H,2,16-19H2,1H3. The van der Waals surface area contributed by atoms with E-state index in [4.69, 9.17) is 4.74 Å². The van der Waals surface area contributed by atoms with Gasteiger partial charge in [0.05, 0.1) is 23.9 Å². The maximum Gasteiger partial charge on any atom is 0.416 e. The third-order valence-corrected chi connectivity index (χ3v) is 6.15. The summed E-state index contributed by atoms with van der Waals surface area (Å²) < 4.78 is 44.4. The molecule has 3 aromatic carbocycles. The highest BCUT2D eigenvalue weighted by molar-refractivity contribution is 6.35. The summed E-state index contributed by atoms with van der Waals surface area (Å²) in [6, 6.07) is 25.2. The van der Waals surface area contributed by atoms with Crippen LogP contribution in [-0.2, 0) is 15.7 Å². The molecule has 0 radical (unpaired) electrons. The van der Waals surface area contributed by atoms with E-state index in [0.717, 1.165) is 12.1 Å². The molecule has 0 spiro atoms. The van der Waals surface area contributed by atoms with Crippen molar-refractivity contribution in [3.05, 3.63) is 102 Å². The normalized spacial score (nSPS) is 15.1. The van der Waals surface area contributed by atoms with Crippen molar-refractivity contribution in [1.82, 2.24) is 9.80 Å². The summed E-state index contributed by atoms with van der Waals surface area (Å²) in [4.78, 5) is 16.9. The minimum atomic E-state index is -4.48. The second-order valence-electron chi connectivity index (χ2n) is 8.59. The van der Waals surface area contributed by atoms with Crippen LogP contribution in [0.1, 0.15) is 29.7 Å². The molecule has 6 nitrogen and oxygen atoms in total. The number of hydrogen-bond donors (Lipinski definition) is 1. The van der Waals surface area contributed by atoms with Gasteiger partial charge in [-0.15, -0.1) is 5.10 Å². The van der Waals surface area contributed by atoms with Gasteiger partial charge < -0.3 is 9.64 Å². The number of hydrazone groups is 1. The average molecular weight is 511 g/mol. The number of anilines is 1. The molecule has 0 bridgehead atoms. The van der Waals surface area contributed by atoms with Gasteiger partial charge in [0.1, 0.15) is 0 Å². The van der Waals surface area contributed by atoms with Crippen LogP contribution in [0, 0.1) is 0 Å². The fraction of sp³-hybridized carbons (Fsp3) is 0.286. The van der Waals surface area contributed by atoms with Crippen molar-refractivity contribution < 1.29 is 22.7 Å². The van der Waals surface area contributed by atoms with Crippen LogP contribution in [0.2, 0.25) is 0 Å². The summed E-state index contributed by atoms with van der Waals surface area (Å²) in [5.41, 5.74) is 4.29. The third kappa shape index (κ3) is 6.68. The van der Waals surface area contributed by atoms with Crippen molar-refractivity contribution >= 4 is 17.5 Å². The number of carbonyl (C=O) groups excluding carboxylic acids is 1. The van der Waals surface area contributed by atoms with Gasteiger partial charge in [0.2, 0.25) is 5.84 Å². The highest BCUT2D eigenvalue weighted by Gasteiger charge is 2.31. The number of hydrogen-bond acceptors (Lipinski definition) is 5. The Labute approximate surface area is 214 Å². The highest BCUT2D eigenvalue weighted by Crippen LogP contribution is 2.31. The predicted octanol–water partition coefficient (Wildman–Crippen LogP) is 5.40. The molecule has 1 aliphatic rings. The predicted molar refractivity (Wildman–Crippen MR) is 137 cm³/mol. The molecule has 4 rings (SSSR count). The second kappa shape index (κ2) is 11.9. The number of carbonyl (C=O) groups is 1. The minimum absolute atomic E-state index is 0.0369. The van der Waals surface area contributed by atoms with E-state index in [2.05, 4.69) is 39.7 Å². The topological polar surface area (TPSA) is 57.2 Å². The zero-order valence-corrected chi connectivity index (χ0v) is 20.5. The second-order valence-corrected chi connectivity index (χ2v) is 8.59. The minimum Gasteiger partial charge on any atom is -0.460 e. The van der Waals surface area contributed by atoms with E-state index >= 15 is 0 Å². The monoisotopic (exact) mass is 510 g/mol. The van der Waals surface area contributed by atoms with Gasteiger partial charge in [0.25, 0.3) is 0 Å². The number of rotatable bonds is 6. The molecular weight excluding hydrogens is 481 g/mol. The number of esters is 1. The fourth-order valence-corrected chi connectivity index (χ4v) is 4.40. The number of piperazine rings is 1. The fourth-order valence-electron chi connectivity index (χ4n) is 4.40. The Morgan fingerprint density at radius 2 is 1.51 bits per heavy atom. The first-order valence-electron chi connectivity index (χ1n) is 12.1. The van der Waals surface area contributed by atoms with Crippen molar-refractivity contribution in [2.45, 2.75) is 19.1 Å². The molecule has 0 aromatic heterocycles. The van der Waals surface area contributed by atoms with Crippen LogP contribution in [0.25, 0.3) is 0 Å². The molecule has 0 amide bonds. The van der Waals surface area contributed by atoms with E-state index in [-0.39, 0.29) is 24.2 Å². The molecule has 1 N–H and O–H groups in total. The maximum atomic E-state index is 13.1. The highest BCUT2D eigenvalue weighted by atomic mass is 19.4. The summed E-state index contributed by atoms with van der Waals surface area (Å²) in [7, 11) is 0. The Balaban J connectivity index is 1.52. The van der Waals surface area contributed by atoms with E-state index in [1.54, 1.807) is 6.92 Å². The summed E-state index contributed by atoms with van der Waals surface area (Å²) >= 11 is 0. The lowest BCUT2D eigenvalue weighted by atomic mass is 9.96. The van der Waals surface area contributed by atoms with Gasteiger partial charge in [-0.25, -0.2) is 4.79 Å². The van der Waals surface area contributed by atoms with Crippen LogP contribution in [0.3, 0.4) is 0 Å². The van der Waals surface area contributed by atoms with Crippen LogP contribution >= 0.6 is 0 Å². The van der Waals surface area contributed by atoms with Crippen molar-refractivity contribution in [2.24, 2.45) is 5.10 Å². The number of halogens is 3. The van der Waals surface area contributed by atoms with Crippen LogP contribution in [0.5, 0.6) is 0 Å². The zero-order chi connectivity index (χ0) is 26.3. The van der Waals surface area contributed by atoms with Crippen LogP contribution in [-0.4, -0.2) is 54.4 Å². The molecular formula is C28H29F3N4O2. The van der Waals surface area contributed by atoms with E-state index < -0.39 is 17.7 Å². The van der Waals surface area contributed by atoms with E-state index in [1.807, 2.05) is 41.3 Å². The van der Waals surface area contributed by atoms with Crippen molar-refractivity contribution in [3.63, 3.8) is 0 Å². The lowest BCUT2D eigenvalue weighted by Gasteiger charge is -2.40. The molecule has 1 fully saturated rings. The Bertz CT molecular complexity index is 1160. The van der Waals surface area contributed by atoms with Gasteiger partial charge in [-0.1, -0.05) is 66.7 Å². The molecule has 1 aliphatic heterocycles. The number of benzene rings is 3. The smallest absolute Gasteiger partial charge is 0.416 e.